The number of aromatic nitrogens is 4. The summed E-state index contributed by atoms with van der Waals surface area (Å²) in [4.78, 5) is 0. The van der Waals surface area contributed by atoms with E-state index >= 15 is 0 Å². The summed E-state index contributed by atoms with van der Waals surface area (Å²) in [5.41, 5.74) is 8.04. The van der Waals surface area contributed by atoms with Gasteiger partial charge in [-0.25, -0.2) is 4.40 Å². The Kier molecular flexibility index (Phi) is 2.80. The number of ether oxygens (including phenoxy) is 1. The fourth-order valence-electron chi connectivity index (χ4n) is 8.92. The number of aryl methyl sites for hydroxylation is 1. The van der Waals surface area contributed by atoms with Crippen molar-refractivity contribution in [3.63, 3.8) is 0 Å². The molecule has 188 valence electrons. The summed E-state index contributed by atoms with van der Waals surface area (Å²) in [6.07, 6.45) is 4.49. The molecule has 3 aliphatic rings. The Morgan fingerprint density at radius 3 is 2.12 bits per heavy atom. The molecule has 7 heterocycles. The molecule has 3 aliphatic heterocycles. The van der Waals surface area contributed by atoms with Crippen LogP contribution in [0.1, 0.15) is 11.1 Å². The molecule has 1 spiro atoms. The summed E-state index contributed by atoms with van der Waals surface area (Å²) in [6.45, 7) is 0. The van der Waals surface area contributed by atoms with Crippen LogP contribution in [0.25, 0.3) is 70.9 Å². The summed E-state index contributed by atoms with van der Waals surface area (Å²) in [6, 6.07) is 33.4. The van der Waals surface area contributed by atoms with Gasteiger partial charge in [0.15, 0.2) is 11.7 Å². The van der Waals surface area contributed by atoms with Crippen molar-refractivity contribution in [3.05, 3.63) is 115 Å². The van der Waals surface area contributed by atoms with E-state index in [9.17, 15) is 0 Å². The van der Waals surface area contributed by atoms with Crippen LogP contribution in [0.15, 0.2) is 103 Å². The van der Waals surface area contributed by atoms with E-state index in [1.807, 2.05) is 0 Å². The molecular formula is C36H20N4O+2. The third kappa shape index (κ3) is 1.73. The molecular weight excluding hydrogens is 504 g/mol. The van der Waals surface area contributed by atoms with Gasteiger partial charge in [0.1, 0.15) is 28.1 Å². The third-order valence-electron chi connectivity index (χ3n) is 10.2. The van der Waals surface area contributed by atoms with Crippen molar-refractivity contribution < 1.29 is 13.9 Å². The second-order valence-corrected chi connectivity index (χ2v) is 11.8. The normalized spacial score (nSPS) is 17.7. The Balaban J connectivity index is 1.48. The minimum Gasteiger partial charge on any atom is -0.456 e. The fraction of sp³-hybridized carbons (Fsp3) is 0.0556. The Morgan fingerprint density at radius 1 is 0.610 bits per heavy atom. The minimum absolute atomic E-state index is 0.611. The van der Waals surface area contributed by atoms with Gasteiger partial charge in [-0.3, -0.25) is 4.57 Å². The van der Waals surface area contributed by atoms with Crippen LogP contribution in [0.5, 0.6) is 11.5 Å². The number of rotatable bonds is 0. The Hall–Kier alpha value is -5.42. The van der Waals surface area contributed by atoms with Gasteiger partial charge in [-0.2, -0.15) is 9.13 Å². The van der Waals surface area contributed by atoms with Crippen LogP contribution in [0, 0.1) is 0 Å². The Labute approximate surface area is 232 Å². The quantitative estimate of drug-likeness (QED) is 0.158. The summed E-state index contributed by atoms with van der Waals surface area (Å²) in [5.74, 6) is 1.88. The highest BCUT2D eigenvalue weighted by atomic mass is 16.5. The maximum absolute atomic E-state index is 6.88. The lowest BCUT2D eigenvalue weighted by Gasteiger charge is -2.29. The lowest BCUT2D eigenvalue weighted by atomic mass is 9.85. The van der Waals surface area contributed by atoms with E-state index < -0.39 is 5.66 Å². The SMILES string of the molecule is Cn1ccc2c1[n+]1c3c4c5c(ccc4c4ccccc4n23)Oc2ccc3c4ccccc4c4ccc[n+]6c4c3c2C561. The first-order valence-electron chi connectivity index (χ1n) is 14.2. The first kappa shape index (κ1) is 19.6. The molecule has 0 fully saturated rings. The predicted molar refractivity (Wildman–Crippen MR) is 160 cm³/mol. The van der Waals surface area contributed by atoms with E-state index in [-0.39, 0.29) is 0 Å². The zero-order valence-corrected chi connectivity index (χ0v) is 22.0. The number of hydrogen-bond donors (Lipinski definition) is 0. The molecule has 1 unspecified atom stereocenters. The molecule has 0 bridgehead atoms. The van der Waals surface area contributed by atoms with Gasteiger partial charge in [0.25, 0.3) is 5.65 Å². The van der Waals surface area contributed by atoms with Crippen LogP contribution in [0.4, 0.5) is 0 Å². The topological polar surface area (TPSA) is 26.3 Å². The zero-order chi connectivity index (χ0) is 26.4. The van der Waals surface area contributed by atoms with Gasteiger partial charge >= 0.3 is 5.66 Å². The van der Waals surface area contributed by atoms with Gasteiger partial charge in [0, 0.05) is 22.9 Å². The highest BCUT2D eigenvalue weighted by Gasteiger charge is 2.67. The van der Waals surface area contributed by atoms with E-state index in [0.29, 0.717) is 0 Å². The molecule has 4 aromatic heterocycles. The molecule has 0 N–H and O–H groups in total. The lowest BCUT2D eigenvalue weighted by Crippen LogP contribution is -2.72. The molecule has 12 rings (SSSR count). The molecule has 0 radical (unpaired) electrons. The zero-order valence-electron chi connectivity index (χ0n) is 22.0. The molecule has 5 heteroatoms. The number of para-hydroxylation sites is 1. The van der Waals surface area contributed by atoms with Crippen LogP contribution in [-0.4, -0.2) is 8.97 Å². The van der Waals surface area contributed by atoms with Gasteiger partial charge in [-0.05, 0) is 52.6 Å². The average molecular weight is 525 g/mol. The number of imidazole rings is 1. The summed E-state index contributed by atoms with van der Waals surface area (Å²) >= 11 is 0. The monoisotopic (exact) mass is 524 g/mol. The first-order chi connectivity index (χ1) is 20.3. The lowest BCUT2D eigenvalue weighted by molar-refractivity contribution is -0.935. The average Bonchev–Trinajstić information content (AvgIpc) is 3.74. The molecule has 5 nitrogen and oxygen atoms in total. The Bertz CT molecular complexity index is 2780. The molecule has 0 saturated heterocycles. The predicted octanol–water partition coefficient (Wildman–Crippen LogP) is 6.80. The minimum atomic E-state index is -0.611. The number of hydrogen-bond acceptors (Lipinski definition) is 1. The number of benzene rings is 5. The van der Waals surface area contributed by atoms with Gasteiger partial charge < -0.3 is 4.74 Å². The van der Waals surface area contributed by atoms with E-state index in [1.54, 1.807) is 0 Å². The highest BCUT2D eigenvalue weighted by molar-refractivity contribution is 6.26. The van der Waals surface area contributed by atoms with Gasteiger partial charge in [0.2, 0.25) is 11.2 Å². The number of nitrogens with zero attached hydrogens (tertiary/aromatic N) is 4. The summed E-state index contributed by atoms with van der Waals surface area (Å²) < 4.78 is 16.8. The standard InChI is InChI=1S/C36H20N4O/c1-37-18-16-26-34(37)40-35-30-23(21-9-4-5-11-25(21)39(26)35)13-15-28-32(30)36(40)31-27(41-28)14-12-22-19-7-2-3-8-20(19)24-10-6-17-38(36)33(24)29(22)31/h2-18H,1H3/q+2. The molecule has 0 amide bonds. The molecule has 9 aromatic rings. The maximum Gasteiger partial charge on any atom is 0.354 e. The van der Waals surface area contributed by atoms with Crippen LogP contribution in [0.2, 0.25) is 0 Å². The van der Waals surface area contributed by atoms with Crippen molar-refractivity contribution in [1.29, 1.82) is 0 Å². The van der Waals surface area contributed by atoms with E-state index in [1.165, 1.54) is 82.1 Å². The number of pyridine rings is 2. The highest BCUT2D eigenvalue weighted by Crippen LogP contribution is 2.58. The summed E-state index contributed by atoms with van der Waals surface area (Å²) in [7, 11) is 2.17. The second kappa shape index (κ2) is 5.86. The van der Waals surface area contributed by atoms with Crippen molar-refractivity contribution >= 4 is 70.9 Å². The van der Waals surface area contributed by atoms with E-state index in [0.717, 1.165) is 11.5 Å². The molecule has 1 atom stereocenters. The van der Waals surface area contributed by atoms with Gasteiger partial charge in [-0.15, -0.1) is 0 Å². The summed E-state index contributed by atoms with van der Waals surface area (Å²) in [5, 5.41) is 10.2. The first-order valence-corrected chi connectivity index (χ1v) is 14.2. The molecule has 0 saturated carbocycles. The van der Waals surface area contributed by atoms with Gasteiger partial charge in [-0.1, -0.05) is 42.5 Å². The van der Waals surface area contributed by atoms with Crippen molar-refractivity contribution in [1.82, 2.24) is 8.97 Å². The van der Waals surface area contributed by atoms with Crippen LogP contribution < -0.4 is 13.9 Å². The van der Waals surface area contributed by atoms with E-state index in [2.05, 4.69) is 129 Å². The number of fused-ring (bicyclic) bond motifs is 9. The fourth-order valence-corrected chi connectivity index (χ4v) is 8.92. The van der Waals surface area contributed by atoms with Crippen molar-refractivity contribution in [3.8, 4) is 11.5 Å². The maximum atomic E-state index is 6.88. The van der Waals surface area contributed by atoms with Crippen LogP contribution in [0.3, 0.4) is 0 Å². The van der Waals surface area contributed by atoms with Gasteiger partial charge in [0.05, 0.1) is 29.4 Å². The van der Waals surface area contributed by atoms with Crippen LogP contribution in [-0.2, 0) is 12.7 Å². The smallest absolute Gasteiger partial charge is 0.354 e. The second-order valence-electron chi connectivity index (χ2n) is 11.8. The van der Waals surface area contributed by atoms with Crippen molar-refractivity contribution in [2.75, 3.05) is 0 Å². The molecule has 5 aromatic carbocycles. The third-order valence-corrected chi connectivity index (χ3v) is 10.2. The Morgan fingerprint density at radius 2 is 1.29 bits per heavy atom. The molecule has 0 aliphatic carbocycles. The van der Waals surface area contributed by atoms with Crippen molar-refractivity contribution in [2.45, 2.75) is 5.66 Å². The van der Waals surface area contributed by atoms with Crippen molar-refractivity contribution in [2.24, 2.45) is 7.05 Å². The van der Waals surface area contributed by atoms with E-state index in [4.69, 9.17) is 4.74 Å². The largest absolute Gasteiger partial charge is 0.456 e. The van der Waals surface area contributed by atoms with Crippen LogP contribution >= 0.6 is 0 Å². The molecule has 41 heavy (non-hydrogen) atoms.